The molecule has 7 heteroatoms. The van der Waals surface area contributed by atoms with Crippen molar-refractivity contribution in [1.82, 2.24) is 9.78 Å². The summed E-state index contributed by atoms with van der Waals surface area (Å²) in [4.78, 5) is 17.7. The van der Waals surface area contributed by atoms with E-state index in [0.717, 1.165) is 22.2 Å². The number of oxime groups is 1. The Labute approximate surface area is 169 Å². The summed E-state index contributed by atoms with van der Waals surface area (Å²) < 4.78 is 11.7. The van der Waals surface area contributed by atoms with Crippen LogP contribution in [0.3, 0.4) is 0 Å². The number of hydrogen-bond donors (Lipinski definition) is 0. The van der Waals surface area contributed by atoms with E-state index in [4.69, 9.17) is 14.3 Å². The van der Waals surface area contributed by atoms with Gasteiger partial charge in [-0.05, 0) is 18.6 Å². The summed E-state index contributed by atoms with van der Waals surface area (Å²) in [5.74, 6) is -0.487. The van der Waals surface area contributed by atoms with Crippen molar-refractivity contribution >= 4 is 28.2 Å². The highest BCUT2D eigenvalue weighted by atomic mass is 16.6. The van der Waals surface area contributed by atoms with Crippen LogP contribution >= 0.6 is 0 Å². The van der Waals surface area contributed by atoms with E-state index in [0.29, 0.717) is 16.8 Å². The summed E-state index contributed by atoms with van der Waals surface area (Å²) in [7, 11) is 4.70. The number of aryl methyl sites for hydroxylation is 1. The Morgan fingerprint density at radius 1 is 1.14 bits per heavy atom. The van der Waals surface area contributed by atoms with Crippen molar-refractivity contribution in [1.29, 1.82) is 0 Å². The maximum atomic E-state index is 12.1. The summed E-state index contributed by atoms with van der Waals surface area (Å²) >= 11 is 0. The molecule has 2 aromatic carbocycles. The number of benzene rings is 2. The van der Waals surface area contributed by atoms with Crippen molar-refractivity contribution in [3.05, 3.63) is 71.6 Å². The molecule has 0 saturated heterocycles. The fourth-order valence-corrected chi connectivity index (χ4v) is 3.08. The number of aromatic nitrogens is 2. The standard InChI is InChI=1S/C22H23N3O4/c1-15(21-18-11-7-8-12-20(18)25(2)23-21)24-29-13-16-9-5-6-10-17(16)19(14-27-3)22(26)28-4/h5-12,14H,13H2,1-4H3. The predicted molar refractivity (Wildman–Crippen MR) is 111 cm³/mol. The van der Waals surface area contributed by atoms with Crippen molar-refractivity contribution in [2.24, 2.45) is 12.2 Å². The SMILES string of the molecule is COC=C(C(=O)OC)c1ccccc1CON=C(C)c1nn(C)c2ccccc12. The van der Waals surface area contributed by atoms with E-state index in [1.165, 1.54) is 20.5 Å². The van der Waals surface area contributed by atoms with E-state index >= 15 is 0 Å². The second-order valence-electron chi connectivity index (χ2n) is 6.36. The fourth-order valence-electron chi connectivity index (χ4n) is 3.08. The van der Waals surface area contributed by atoms with Crippen LogP contribution in [-0.4, -0.2) is 35.7 Å². The quantitative estimate of drug-likeness (QED) is 0.201. The lowest BCUT2D eigenvalue weighted by Crippen LogP contribution is -2.07. The Bertz CT molecular complexity index is 1080. The van der Waals surface area contributed by atoms with Gasteiger partial charge in [-0.1, -0.05) is 47.6 Å². The highest BCUT2D eigenvalue weighted by Crippen LogP contribution is 2.22. The normalized spacial score (nSPS) is 12.1. The first-order chi connectivity index (χ1) is 14.1. The third-order valence-corrected chi connectivity index (χ3v) is 4.47. The third-order valence-electron chi connectivity index (χ3n) is 4.47. The largest absolute Gasteiger partial charge is 0.503 e. The Morgan fingerprint density at radius 3 is 2.62 bits per heavy atom. The van der Waals surface area contributed by atoms with Gasteiger partial charge in [-0.25, -0.2) is 4.79 Å². The average Bonchev–Trinajstić information content (AvgIpc) is 3.09. The van der Waals surface area contributed by atoms with Gasteiger partial charge in [0.1, 0.15) is 23.6 Å². The lowest BCUT2D eigenvalue weighted by Gasteiger charge is -2.11. The molecule has 0 unspecified atom stereocenters. The predicted octanol–water partition coefficient (Wildman–Crippen LogP) is 3.67. The number of methoxy groups -OCH3 is 2. The number of fused-ring (bicyclic) bond motifs is 1. The summed E-state index contributed by atoms with van der Waals surface area (Å²) in [6, 6.07) is 15.3. The van der Waals surface area contributed by atoms with E-state index in [1.54, 1.807) is 0 Å². The van der Waals surface area contributed by atoms with Crippen LogP contribution in [0.4, 0.5) is 0 Å². The molecular weight excluding hydrogens is 370 g/mol. The zero-order chi connectivity index (χ0) is 20.8. The number of ether oxygens (including phenoxy) is 2. The molecule has 29 heavy (non-hydrogen) atoms. The first kappa shape index (κ1) is 20.1. The monoisotopic (exact) mass is 393 g/mol. The minimum Gasteiger partial charge on any atom is -0.503 e. The van der Waals surface area contributed by atoms with Gasteiger partial charge in [-0.15, -0.1) is 0 Å². The van der Waals surface area contributed by atoms with Crippen molar-refractivity contribution in [3.63, 3.8) is 0 Å². The van der Waals surface area contributed by atoms with Crippen LogP contribution in [0, 0.1) is 0 Å². The van der Waals surface area contributed by atoms with Crippen LogP contribution in [-0.2, 0) is 32.8 Å². The summed E-state index contributed by atoms with van der Waals surface area (Å²) in [5, 5.41) is 9.79. The molecule has 0 atom stereocenters. The number of carbonyl (C=O) groups is 1. The number of esters is 1. The van der Waals surface area contributed by atoms with Crippen molar-refractivity contribution in [3.8, 4) is 0 Å². The van der Waals surface area contributed by atoms with Gasteiger partial charge >= 0.3 is 5.97 Å². The Hall–Kier alpha value is -3.61. The van der Waals surface area contributed by atoms with Gasteiger partial charge in [0.15, 0.2) is 0 Å². The minimum absolute atomic E-state index is 0.177. The van der Waals surface area contributed by atoms with Crippen LogP contribution in [0.1, 0.15) is 23.7 Å². The maximum absolute atomic E-state index is 12.1. The molecule has 0 radical (unpaired) electrons. The molecule has 0 aliphatic rings. The van der Waals surface area contributed by atoms with Gasteiger partial charge in [0.05, 0.1) is 26.0 Å². The van der Waals surface area contributed by atoms with Crippen LogP contribution in [0.15, 0.2) is 59.9 Å². The molecule has 0 aliphatic heterocycles. The number of hydrogen-bond acceptors (Lipinski definition) is 6. The van der Waals surface area contributed by atoms with E-state index in [1.807, 2.05) is 67.2 Å². The molecule has 0 bridgehead atoms. The molecule has 0 N–H and O–H groups in total. The summed E-state index contributed by atoms with van der Waals surface area (Å²) in [5.41, 5.74) is 4.22. The lowest BCUT2D eigenvalue weighted by molar-refractivity contribution is -0.133. The number of carbonyl (C=O) groups excluding carboxylic acids is 1. The molecule has 0 aliphatic carbocycles. The topological polar surface area (TPSA) is 74.9 Å². The van der Waals surface area contributed by atoms with E-state index in [-0.39, 0.29) is 6.61 Å². The molecule has 1 aromatic heterocycles. The maximum Gasteiger partial charge on any atom is 0.341 e. The highest BCUT2D eigenvalue weighted by molar-refractivity contribution is 6.16. The molecule has 0 amide bonds. The van der Waals surface area contributed by atoms with E-state index < -0.39 is 5.97 Å². The summed E-state index contributed by atoms with van der Waals surface area (Å²) in [6.07, 6.45) is 1.36. The van der Waals surface area contributed by atoms with E-state index in [2.05, 4.69) is 10.3 Å². The molecular formula is C22H23N3O4. The van der Waals surface area contributed by atoms with Crippen LogP contribution in [0.5, 0.6) is 0 Å². The number of para-hydroxylation sites is 1. The van der Waals surface area contributed by atoms with Crippen LogP contribution in [0.2, 0.25) is 0 Å². The van der Waals surface area contributed by atoms with Gasteiger partial charge in [0.2, 0.25) is 0 Å². The van der Waals surface area contributed by atoms with Crippen molar-refractivity contribution in [2.45, 2.75) is 13.5 Å². The number of nitrogens with zero attached hydrogens (tertiary/aromatic N) is 3. The first-order valence-electron chi connectivity index (χ1n) is 9.05. The second kappa shape index (κ2) is 9.05. The van der Waals surface area contributed by atoms with Crippen molar-refractivity contribution in [2.75, 3.05) is 14.2 Å². The second-order valence-corrected chi connectivity index (χ2v) is 6.36. The highest BCUT2D eigenvalue weighted by Gasteiger charge is 2.17. The zero-order valence-electron chi connectivity index (χ0n) is 16.9. The molecule has 7 nitrogen and oxygen atoms in total. The molecule has 3 aromatic rings. The Morgan fingerprint density at radius 2 is 1.86 bits per heavy atom. The lowest BCUT2D eigenvalue weighted by atomic mass is 10.0. The zero-order valence-corrected chi connectivity index (χ0v) is 16.9. The molecule has 150 valence electrons. The van der Waals surface area contributed by atoms with Gasteiger partial charge in [0, 0.05) is 18.0 Å². The molecule has 0 fully saturated rings. The Kier molecular flexibility index (Phi) is 6.29. The molecule has 0 spiro atoms. The van der Waals surface area contributed by atoms with Crippen LogP contribution in [0.25, 0.3) is 16.5 Å². The minimum atomic E-state index is -0.487. The van der Waals surface area contributed by atoms with Crippen molar-refractivity contribution < 1.29 is 19.1 Å². The molecule has 0 saturated carbocycles. The summed E-state index contributed by atoms with van der Waals surface area (Å²) in [6.45, 7) is 2.03. The van der Waals surface area contributed by atoms with E-state index in [9.17, 15) is 4.79 Å². The van der Waals surface area contributed by atoms with Gasteiger partial charge < -0.3 is 14.3 Å². The van der Waals surface area contributed by atoms with Gasteiger partial charge in [-0.2, -0.15) is 5.10 Å². The number of rotatable bonds is 7. The van der Waals surface area contributed by atoms with Gasteiger partial charge in [0.25, 0.3) is 0 Å². The molecule has 1 heterocycles. The Balaban J connectivity index is 1.83. The molecule has 3 rings (SSSR count). The van der Waals surface area contributed by atoms with Crippen LogP contribution < -0.4 is 0 Å². The fraction of sp³-hybridized carbons (Fsp3) is 0.227. The average molecular weight is 393 g/mol. The first-order valence-corrected chi connectivity index (χ1v) is 9.05. The van der Waals surface area contributed by atoms with Gasteiger partial charge in [-0.3, -0.25) is 4.68 Å². The smallest absolute Gasteiger partial charge is 0.341 e. The third kappa shape index (κ3) is 4.29.